The summed E-state index contributed by atoms with van der Waals surface area (Å²) in [6.07, 6.45) is 8.87. The summed E-state index contributed by atoms with van der Waals surface area (Å²) in [7, 11) is 0. The Morgan fingerprint density at radius 2 is 2.10 bits per heavy atom. The molecule has 0 unspecified atom stereocenters. The second-order valence-electron chi connectivity index (χ2n) is 5.49. The van der Waals surface area contributed by atoms with Crippen molar-refractivity contribution in [1.82, 2.24) is 24.5 Å². The molecule has 0 amide bonds. The Bertz CT molecular complexity index is 567. The fourth-order valence-electron chi connectivity index (χ4n) is 2.85. The first-order valence-corrected chi connectivity index (χ1v) is 7.70. The van der Waals surface area contributed by atoms with E-state index in [1.54, 1.807) is 6.33 Å². The van der Waals surface area contributed by atoms with Crippen LogP contribution in [0.5, 0.6) is 0 Å². The van der Waals surface area contributed by atoms with Crippen molar-refractivity contribution >= 4 is 11.5 Å². The molecule has 0 saturated carbocycles. The van der Waals surface area contributed by atoms with Crippen molar-refractivity contribution < 1.29 is 0 Å². The molecule has 3 rings (SSSR count). The van der Waals surface area contributed by atoms with Crippen LogP contribution in [0.15, 0.2) is 18.7 Å². The highest BCUT2D eigenvalue weighted by Crippen LogP contribution is 2.18. The van der Waals surface area contributed by atoms with Crippen molar-refractivity contribution in [2.45, 2.75) is 19.3 Å². The third-order valence-electron chi connectivity index (χ3n) is 4.01. The molecule has 7 heteroatoms. The molecule has 0 bridgehead atoms. The molecule has 1 fully saturated rings. The van der Waals surface area contributed by atoms with Gasteiger partial charge in [0.1, 0.15) is 6.33 Å². The van der Waals surface area contributed by atoms with Crippen molar-refractivity contribution in [3.63, 3.8) is 0 Å². The number of nitrogens with zero attached hydrogens (tertiary/aromatic N) is 6. The lowest BCUT2D eigenvalue weighted by Gasteiger charge is -2.22. The van der Waals surface area contributed by atoms with E-state index in [-0.39, 0.29) is 0 Å². The molecule has 1 aliphatic heterocycles. The van der Waals surface area contributed by atoms with Crippen molar-refractivity contribution in [2.75, 3.05) is 44.2 Å². The van der Waals surface area contributed by atoms with Crippen molar-refractivity contribution in [3.05, 3.63) is 18.7 Å². The molecule has 0 aliphatic carbocycles. The highest BCUT2D eigenvalue weighted by molar-refractivity contribution is 5.63. The van der Waals surface area contributed by atoms with E-state index in [1.807, 2.05) is 16.8 Å². The number of fused-ring (bicyclic) bond motifs is 1. The van der Waals surface area contributed by atoms with Gasteiger partial charge in [-0.05, 0) is 38.9 Å². The van der Waals surface area contributed by atoms with E-state index in [1.165, 1.54) is 6.42 Å². The van der Waals surface area contributed by atoms with Crippen LogP contribution in [0.1, 0.15) is 19.3 Å². The Morgan fingerprint density at radius 3 is 3.00 bits per heavy atom. The maximum absolute atomic E-state index is 5.57. The number of nitrogens with two attached hydrogens (primary N) is 1. The Balaban J connectivity index is 1.66. The number of hydrogen-bond acceptors (Lipinski definition) is 6. The molecule has 1 saturated heterocycles. The molecule has 0 radical (unpaired) electrons. The lowest BCUT2D eigenvalue weighted by atomic mass is 10.3. The average Bonchev–Trinajstić information content (AvgIpc) is 2.87. The smallest absolute Gasteiger partial charge is 0.203 e. The first-order valence-electron chi connectivity index (χ1n) is 7.70. The Hall–Kier alpha value is -1.73. The monoisotopic (exact) mass is 289 g/mol. The summed E-state index contributed by atoms with van der Waals surface area (Å²) >= 11 is 0. The Morgan fingerprint density at radius 1 is 1.14 bits per heavy atom. The normalized spacial score (nSPS) is 17.3. The zero-order valence-corrected chi connectivity index (χ0v) is 12.4. The van der Waals surface area contributed by atoms with Crippen LogP contribution in [0.2, 0.25) is 0 Å². The molecule has 2 aromatic heterocycles. The molecule has 0 aromatic carbocycles. The van der Waals surface area contributed by atoms with Crippen LogP contribution in [-0.2, 0) is 0 Å². The summed E-state index contributed by atoms with van der Waals surface area (Å²) in [6.45, 7) is 6.17. The van der Waals surface area contributed by atoms with Crippen LogP contribution in [0.4, 0.5) is 5.82 Å². The van der Waals surface area contributed by atoms with Crippen LogP contribution >= 0.6 is 0 Å². The summed E-state index contributed by atoms with van der Waals surface area (Å²) in [6, 6.07) is 0. The third kappa shape index (κ3) is 3.30. The van der Waals surface area contributed by atoms with Gasteiger partial charge in [-0.15, -0.1) is 10.2 Å². The van der Waals surface area contributed by atoms with E-state index in [9.17, 15) is 0 Å². The summed E-state index contributed by atoms with van der Waals surface area (Å²) in [5.74, 6) is 0.943. The van der Waals surface area contributed by atoms with E-state index in [4.69, 9.17) is 5.73 Å². The SMILES string of the molecule is NCCCCN1CCCN(c2nccn3cnnc23)CC1. The topological polar surface area (TPSA) is 75.6 Å². The summed E-state index contributed by atoms with van der Waals surface area (Å²) < 4.78 is 1.92. The number of aromatic nitrogens is 4. The van der Waals surface area contributed by atoms with Gasteiger partial charge >= 0.3 is 0 Å². The second-order valence-corrected chi connectivity index (χ2v) is 5.49. The summed E-state index contributed by atoms with van der Waals surface area (Å²) in [5.41, 5.74) is 6.41. The molecule has 114 valence electrons. The van der Waals surface area contributed by atoms with Gasteiger partial charge in [0, 0.05) is 32.0 Å². The fraction of sp³-hybridized carbons (Fsp3) is 0.643. The van der Waals surface area contributed by atoms with Gasteiger partial charge in [0.2, 0.25) is 5.65 Å². The predicted octanol–water partition coefficient (Wildman–Crippen LogP) is 0.375. The van der Waals surface area contributed by atoms with Gasteiger partial charge < -0.3 is 15.5 Å². The van der Waals surface area contributed by atoms with Gasteiger partial charge in [0.05, 0.1) is 0 Å². The number of hydrogen-bond donors (Lipinski definition) is 1. The maximum Gasteiger partial charge on any atom is 0.203 e. The summed E-state index contributed by atoms with van der Waals surface area (Å²) in [5, 5.41) is 8.15. The Kier molecular flexibility index (Phi) is 4.62. The number of anilines is 1. The molecule has 21 heavy (non-hydrogen) atoms. The van der Waals surface area contributed by atoms with Gasteiger partial charge in [0.25, 0.3) is 0 Å². The molecule has 3 heterocycles. The Labute approximate surface area is 124 Å². The van der Waals surface area contributed by atoms with Crippen LogP contribution in [0.25, 0.3) is 5.65 Å². The maximum atomic E-state index is 5.57. The molecule has 2 N–H and O–H groups in total. The molecular weight excluding hydrogens is 266 g/mol. The zero-order chi connectivity index (χ0) is 14.5. The minimum atomic E-state index is 0.790. The van der Waals surface area contributed by atoms with Crippen LogP contribution in [0, 0.1) is 0 Å². The molecule has 0 spiro atoms. The van der Waals surface area contributed by atoms with Gasteiger partial charge in [0.15, 0.2) is 5.82 Å². The summed E-state index contributed by atoms with van der Waals surface area (Å²) in [4.78, 5) is 9.37. The van der Waals surface area contributed by atoms with Gasteiger partial charge in [-0.3, -0.25) is 4.40 Å². The first kappa shape index (κ1) is 14.2. The molecular formula is C14H23N7. The number of unbranched alkanes of at least 4 members (excludes halogenated alkanes) is 1. The van der Waals surface area contributed by atoms with Gasteiger partial charge in [-0.2, -0.15) is 0 Å². The second kappa shape index (κ2) is 6.82. The highest BCUT2D eigenvalue weighted by Gasteiger charge is 2.18. The largest absolute Gasteiger partial charge is 0.352 e. The lowest BCUT2D eigenvalue weighted by Crippen LogP contribution is -2.32. The van der Waals surface area contributed by atoms with Crippen LogP contribution < -0.4 is 10.6 Å². The van der Waals surface area contributed by atoms with Crippen molar-refractivity contribution in [3.8, 4) is 0 Å². The standard InChI is InChI=1S/C14H23N7/c15-4-1-2-6-19-7-3-8-20(11-10-19)13-14-18-17-12-21(14)9-5-16-13/h5,9,12H,1-4,6-8,10-11,15H2. The van der Waals surface area contributed by atoms with Crippen LogP contribution in [-0.4, -0.2) is 63.8 Å². The van der Waals surface area contributed by atoms with Crippen molar-refractivity contribution in [2.24, 2.45) is 5.73 Å². The van der Waals surface area contributed by atoms with E-state index in [0.29, 0.717) is 0 Å². The molecule has 7 nitrogen and oxygen atoms in total. The molecule has 0 atom stereocenters. The molecule has 2 aromatic rings. The highest BCUT2D eigenvalue weighted by atomic mass is 15.3. The van der Waals surface area contributed by atoms with E-state index in [0.717, 1.165) is 63.6 Å². The minimum Gasteiger partial charge on any atom is -0.352 e. The third-order valence-corrected chi connectivity index (χ3v) is 4.01. The lowest BCUT2D eigenvalue weighted by molar-refractivity contribution is 0.288. The van der Waals surface area contributed by atoms with Crippen molar-refractivity contribution in [1.29, 1.82) is 0 Å². The minimum absolute atomic E-state index is 0.790. The quantitative estimate of drug-likeness (QED) is 0.802. The van der Waals surface area contributed by atoms with E-state index in [2.05, 4.69) is 25.0 Å². The van der Waals surface area contributed by atoms with E-state index >= 15 is 0 Å². The number of rotatable bonds is 5. The predicted molar refractivity (Wildman–Crippen MR) is 82.3 cm³/mol. The van der Waals surface area contributed by atoms with Crippen LogP contribution in [0.3, 0.4) is 0 Å². The average molecular weight is 289 g/mol. The molecule has 1 aliphatic rings. The van der Waals surface area contributed by atoms with Gasteiger partial charge in [-0.1, -0.05) is 0 Å². The zero-order valence-electron chi connectivity index (χ0n) is 12.4. The van der Waals surface area contributed by atoms with E-state index < -0.39 is 0 Å². The fourth-order valence-corrected chi connectivity index (χ4v) is 2.85. The first-order chi connectivity index (χ1) is 10.4. The van der Waals surface area contributed by atoms with Gasteiger partial charge in [-0.25, -0.2) is 4.98 Å².